The van der Waals surface area contributed by atoms with E-state index in [-0.39, 0.29) is 21.9 Å². The van der Waals surface area contributed by atoms with Crippen LogP contribution >= 0.6 is 23.1 Å². The molecule has 1 atom stereocenters. The molecule has 13 heteroatoms. The first-order valence-electron chi connectivity index (χ1n) is 8.39. The van der Waals surface area contributed by atoms with Gasteiger partial charge in [-0.05, 0) is 37.6 Å². The van der Waals surface area contributed by atoms with E-state index in [2.05, 4.69) is 25.4 Å². The number of nitrogens with zero attached hydrogens (tertiary/aromatic N) is 3. The number of carbonyl (C=O) groups is 1. The number of amides is 1. The lowest BCUT2D eigenvalue weighted by atomic mass is 10.3. The lowest BCUT2D eigenvalue weighted by molar-refractivity contribution is -0.115. The number of aromatic nitrogens is 3. The number of aryl methyl sites for hydroxylation is 1. The highest BCUT2D eigenvalue weighted by molar-refractivity contribution is 8.02. The van der Waals surface area contributed by atoms with Gasteiger partial charge in [-0.25, -0.2) is 8.42 Å². The maximum atomic E-state index is 12.5. The van der Waals surface area contributed by atoms with Crippen LogP contribution in [0.2, 0.25) is 0 Å². The van der Waals surface area contributed by atoms with Crippen LogP contribution in [0.4, 0.5) is 16.6 Å². The summed E-state index contributed by atoms with van der Waals surface area (Å²) in [6, 6.07) is 7.29. The Hall–Kier alpha value is -2.64. The molecule has 10 nitrogen and oxygen atoms in total. The van der Waals surface area contributed by atoms with Crippen molar-refractivity contribution < 1.29 is 17.7 Å². The zero-order valence-electron chi connectivity index (χ0n) is 15.4. The first-order valence-corrected chi connectivity index (χ1v) is 11.6. The van der Waals surface area contributed by atoms with Crippen molar-refractivity contribution in [1.29, 1.82) is 0 Å². The molecule has 3 rings (SSSR count). The number of sulfonamides is 1. The molecule has 0 saturated carbocycles. The minimum Gasteiger partial charge on any atom is -0.374 e. The van der Waals surface area contributed by atoms with Crippen LogP contribution in [0.1, 0.15) is 19.1 Å². The Morgan fingerprint density at radius 3 is 2.59 bits per heavy atom. The average molecular weight is 455 g/mol. The second-order valence-electron chi connectivity index (χ2n) is 5.86. The normalized spacial score (nSPS) is 12.5. The molecule has 154 valence electrons. The van der Waals surface area contributed by atoms with Gasteiger partial charge in [0.1, 0.15) is 5.76 Å². The van der Waals surface area contributed by atoms with Crippen molar-refractivity contribution in [1.82, 2.24) is 15.4 Å². The lowest BCUT2D eigenvalue weighted by Gasteiger charge is -2.13. The average Bonchev–Trinajstić information content (AvgIpc) is 3.27. The predicted octanol–water partition coefficient (Wildman–Crippen LogP) is 2.73. The molecule has 1 amide bonds. The second kappa shape index (κ2) is 8.80. The molecule has 0 saturated heterocycles. The first kappa shape index (κ1) is 21.1. The molecule has 0 spiro atoms. The summed E-state index contributed by atoms with van der Waals surface area (Å²) in [6.07, 6.45) is 0.573. The summed E-state index contributed by atoms with van der Waals surface area (Å²) >= 11 is 2.49. The third kappa shape index (κ3) is 5.46. The van der Waals surface area contributed by atoms with E-state index in [0.29, 0.717) is 27.3 Å². The summed E-state index contributed by atoms with van der Waals surface area (Å²) in [4.78, 5) is 12.6. The van der Waals surface area contributed by atoms with Crippen molar-refractivity contribution in [2.75, 3.05) is 15.8 Å². The fourth-order valence-corrected chi connectivity index (χ4v) is 5.05. The molecule has 29 heavy (non-hydrogen) atoms. The molecule has 0 aliphatic carbocycles. The van der Waals surface area contributed by atoms with Crippen LogP contribution in [-0.2, 0) is 14.8 Å². The van der Waals surface area contributed by atoms with Gasteiger partial charge in [0.15, 0.2) is 10.2 Å². The van der Waals surface area contributed by atoms with Gasteiger partial charge < -0.3 is 15.6 Å². The van der Waals surface area contributed by atoms with Gasteiger partial charge in [-0.1, -0.05) is 35.2 Å². The number of hydrogen-bond donors (Lipinski definition) is 3. The van der Waals surface area contributed by atoms with Crippen LogP contribution in [0.3, 0.4) is 0 Å². The van der Waals surface area contributed by atoms with Gasteiger partial charge in [-0.2, -0.15) is 0 Å². The molecule has 0 bridgehead atoms. The molecule has 0 aliphatic heterocycles. The minimum absolute atomic E-state index is 0.0295. The van der Waals surface area contributed by atoms with Gasteiger partial charge in [0, 0.05) is 11.8 Å². The maximum Gasteiger partial charge on any atom is 0.263 e. The number of anilines is 3. The zero-order valence-corrected chi connectivity index (χ0v) is 17.9. The van der Waals surface area contributed by atoms with Crippen molar-refractivity contribution in [2.45, 2.75) is 34.8 Å². The van der Waals surface area contributed by atoms with Crippen LogP contribution in [0, 0.1) is 6.92 Å². The minimum atomic E-state index is -3.82. The van der Waals surface area contributed by atoms with Gasteiger partial charge in [-0.3, -0.25) is 9.52 Å². The van der Waals surface area contributed by atoms with Crippen molar-refractivity contribution in [3.05, 3.63) is 36.1 Å². The fourth-order valence-electron chi connectivity index (χ4n) is 2.26. The van der Waals surface area contributed by atoms with E-state index in [9.17, 15) is 13.2 Å². The molecule has 1 aromatic carbocycles. The summed E-state index contributed by atoms with van der Waals surface area (Å²) < 4.78 is 32.6. The maximum absolute atomic E-state index is 12.5. The molecule has 2 aromatic heterocycles. The molecule has 4 N–H and O–H groups in total. The van der Waals surface area contributed by atoms with Crippen LogP contribution in [0.25, 0.3) is 0 Å². The van der Waals surface area contributed by atoms with Gasteiger partial charge in [-0.15, -0.1) is 10.2 Å². The van der Waals surface area contributed by atoms with E-state index in [0.717, 1.165) is 0 Å². The summed E-state index contributed by atoms with van der Waals surface area (Å²) in [6.45, 7) is 3.54. The number of carbonyl (C=O) groups excluding carboxylic acids is 1. The highest BCUT2D eigenvalue weighted by Gasteiger charge is 2.21. The first-order chi connectivity index (χ1) is 13.8. The topological polar surface area (TPSA) is 153 Å². The van der Waals surface area contributed by atoms with Crippen molar-refractivity contribution in [3.63, 3.8) is 0 Å². The molecule has 2 heterocycles. The molecule has 0 radical (unpaired) electrons. The Morgan fingerprint density at radius 2 is 2.03 bits per heavy atom. The Labute approximate surface area is 175 Å². The van der Waals surface area contributed by atoms with E-state index in [1.54, 1.807) is 6.92 Å². The summed E-state index contributed by atoms with van der Waals surface area (Å²) in [7, 11) is -3.82. The predicted molar refractivity (Wildman–Crippen MR) is 111 cm³/mol. The van der Waals surface area contributed by atoms with Crippen molar-refractivity contribution in [3.8, 4) is 0 Å². The number of nitrogens with one attached hydrogen (secondary N) is 2. The van der Waals surface area contributed by atoms with Crippen LogP contribution < -0.4 is 15.8 Å². The lowest BCUT2D eigenvalue weighted by Crippen LogP contribution is -2.24. The quantitative estimate of drug-likeness (QED) is 0.436. The monoisotopic (exact) mass is 454 g/mol. The molecule has 1 unspecified atom stereocenters. The summed E-state index contributed by atoms with van der Waals surface area (Å²) in [5, 5.41) is 14.0. The molecule has 0 fully saturated rings. The van der Waals surface area contributed by atoms with Crippen LogP contribution in [0.5, 0.6) is 0 Å². The fraction of sp³-hybridized carbons (Fsp3) is 0.250. The third-order valence-corrected chi connectivity index (χ3v) is 7.20. The van der Waals surface area contributed by atoms with E-state index < -0.39 is 10.0 Å². The number of rotatable bonds is 8. The number of thioether (sulfide) groups is 1. The standard InChI is InChI=1S/C16H18N6O4S3/c1-3-12(27-16-20-19-15(17)28-16)14(23)18-10-4-6-11(7-5-10)29(24,25)22-13-8-9(2)26-21-13/h4-8,12H,3H2,1-2H3,(H2,17,19)(H,18,23)(H,21,22). The van der Waals surface area contributed by atoms with E-state index in [4.69, 9.17) is 10.3 Å². The van der Waals surface area contributed by atoms with Gasteiger partial charge in [0.25, 0.3) is 10.0 Å². The third-order valence-electron chi connectivity index (χ3n) is 3.63. The molecular weight excluding hydrogens is 436 g/mol. The van der Waals surface area contributed by atoms with Crippen LogP contribution in [0.15, 0.2) is 44.1 Å². The highest BCUT2D eigenvalue weighted by atomic mass is 32.2. The van der Waals surface area contributed by atoms with Gasteiger partial charge in [0.05, 0.1) is 10.1 Å². The summed E-state index contributed by atoms with van der Waals surface area (Å²) in [5.74, 6) is 0.360. The molecule has 3 aromatic rings. The van der Waals surface area contributed by atoms with Crippen molar-refractivity contribution in [2.24, 2.45) is 0 Å². The van der Waals surface area contributed by atoms with E-state index >= 15 is 0 Å². The largest absolute Gasteiger partial charge is 0.374 e. The van der Waals surface area contributed by atoms with E-state index in [1.165, 1.54) is 53.4 Å². The highest BCUT2D eigenvalue weighted by Crippen LogP contribution is 2.30. The number of hydrogen-bond acceptors (Lipinski definition) is 10. The van der Waals surface area contributed by atoms with Crippen LogP contribution in [-0.4, -0.2) is 34.9 Å². The second-order valence-corrected chi connectivity index (χ2v) is 10.0. The smallest absolute Gasteiger partial charge is 0.263 e. The molecule has 0 aliphatic rings. The SMILES string of the molecule is CCC(Sc1nnc(N)s1)C(=O)Nc1ccc(S(=O)(=O)Nc2cc(C)on2)cc1. The Bertz CT molecular complexity index is 1090. The van der Waals surface area contributed by atoms with E-state index in [1.807, 2.05) is 6.92 Å². The Kier molecular flexibility index (Phi) is 6.39. The molecular formula is C16H18N6O4S3. The number of nitrogens with two attached hydrogens (primary N) is 1. The van der Waals surface area contributed by atoms with Crippen molar-refractivity contribution >= 4 is 55.7 Å². The number of nitrogen functional groups attached to an aromatic ring is 1. The summed E-state index contributed by atoms with van der Waals surface area (Å²) in [5.41, 5.74) is 6.04. The Morgan fingerprint density at radius 1 is 1.31 bits per heavy atom. The van der Waals surface area contributed by atoms with Gasteiger partial charge >= 0.3 is 0 Å². The zero-order chi connectivity index (χ0) is 21.0. The Balaban J connectivity index is 1.65. The van der Waals surface area contributed by atoms with Gasteiger partial charge in [0.2, 0.25) is 11.0 Å². The number of benzene rings is 1.